The van der Waals surface area contributed by atoms with E-state index in [9.17, 15) is 5.11 Å². The third kappa shape index (κ3) is 3.37. The zero-order chi connectivity index (χ0) is 14.7. The van der Waals surface area contributed by atoms with Gasteiger partial charge in [-0.25, -0.2) is 0 Å². The molecule has 0 radical (unpaired) electrons. The predicted molar refractivity (Wildman–Crippen MR) is 94.0 cm³/mol. The zero-order valence-electron chi connectivity index (χ0n) is 11.6. The first-order chi connectivity index (χ1) is 10.3. The molecule has 2 aromatic carbocycles. The first-order valence-electron chi connectivity index (χ1n) is 7.07. The lowest BCUT2D eigenvalue weighted by atomic mass is 9.93. The standard InChI is InChI=1S/C18H17BrOS/c19-17-7-3-1-5-14(17)9-13(11-20)10-15-12-21-18-8-4-2-6-16(15)18/h1-8,12-13,20H,9-11H2. The fourth-order valence-corrected chi connectivity index (χ4v) is 4.10. The van der Waals surface area contributed by atoms with E-state index in [1.807, 2.05) is 6.07 Å². The lowest BCUT2D eigenvalue weighted by molar-refractivity contribution is 0.225. The Morgan fingerprint density at radius 2 is 1.67 bits per heavy atom. The van der Waals surface area contributed by atoms with Gasteiger partial charge in [0.05, 0.1) is 0 Å². The van der Waals surface area contributed by atoms with Crippen LogP contribution in [0.1, 0.15) is 11.1 Å². The predicted octanol–water partition coefficient (Wildman–Crippen LogP) is 5.06. The first-order valence-corrected chi connectivity index (χ1v) is 8.74. The van der Waals surface area contributed by atoms with Crippen LogP contribution in [0.3, 0.4) is 0 Å². The molecule has 0 saturated heterocycles. The van der Waals surface area contributed by atoms with E-state index in [1.165, 1.54) is 21.2 Å². The van der Waals surface area contributed by atoms with Gasteiger partial charge < -0.3 is 5.11 Å². The molecule has 3 aromatic rings. The van der Waals surface area contributed by atoms with Crippen molar-refractivity contribution in [2.24, 2.45) is 5.92 Å². The Labute approximate surface area is 137 Å². The van der Waals surface area contributed by atoms with Gasteiger partial charge in [0.25, 0.3) is 0 Å². The Hall–Kier alpha value is -1.16. The number of aliphatic hydroxyl groups is 1. The highest BCUT2D eigenvalue weighted by Crippen LogP contribution is 2.29. The molecule has 1 unspecified atom stereocenters. The van der Waals surface area contributed by atoms with Crippen LogP contribution in [0.4, 0.5) is 0 Å². The summed E-state index contributed by atoms with van der Waals surface area (Å²) < 4.78 is 2.45. The minimum atomic E-state index is 0.214. The molecule has 0 spiro atoms. The average molecular weight is 361 g/mol. The molecular weight excluding hydrogens is 344 g/mol. The number of rotatable bonds is 5. The van der Waals surface area contributed by atoms with Crippen molar-refractivity contribution in [1.82, 2.24) is 0 Å². The third-order valence-electron chi connectivity index (χ3n) is 3.79. The molecule has 1 atom stereocenters. The number of fused-ring (bicyclic) bond motifs is 1. The van der Waals surface area contributed by atoms with Gasteiger partial charge in [-0.1, -0.05) is 52.3 Å². The van der Waals surface area contributed by atoms with Crippen molar-refractivity contribution >= 4 is 37.4 Å². The van der Waals surface area contributed by atoms with Crippen LogP contribution in [-0.2, 0) is 12.8 Å². The fourth-order valence-electron chi connectivity index (χ4n) is 2.68. The number of hydrogen-bond donors (Lipinski definition) is 1. The van der Waals surface area contributed by atoms with Crippen LogP contribution in [0, 0.1) is 5.92 Å². The number of thiophene rings is 1. The third-order valence-corrected chi connectivity index (χ3v) is 5.58. The second kappa shape index (κ2) is 6.73. The summed E-state index contributed by atoms with van der Waals surface area (Å²) in [4.78, 5) is 0. The number of benzene rings is 2. The number of aliphatic hydroxyl groups excluding tert-OH is 1. The van der Waals surface area contributed by atoms with Gasteiger partial charge in [0, 0.05) is 15.8 Å². The molecule has 108 valence electrons. The lowest BCUT2D eigenvalue weighted by Gasteiger charge is -2.15. The summed E-state index contributed by atoms with van der Waals surface area (Å²) in [5.41, 5.74) is 2.61. The monoisotopic (exact) mass is 360 g/mol. The highest BCUT2D eigenvalue weighted by Gasteiger charge is 2.14. The molecule has 0 bridgehead atoms. The van der Waals surface area contributed by atoms with Crippen LogP contribution in [0.15, 0.2) is 58.4 Å². The quantitative estimate of drug-likeness (QED) is 0.674. The molecule has 0 saturated carbocycles. The topological polar surface area (TPSA) is 20.2 Å². The summed E-state index contributed by atoms with van der Waals surface area (Å²) in [7, 11) is 0. The molecule has 1 heterocycles. The summed E-state index contributed by atoms with van der Waals surface area (Å²) in [6.45, 7) is 0.214. The molecule has 0 fully saturated rings. The summed E-state index contributed by atoms with van der Waals surface area (Å²) in [5.74, 6) is 0.252. The molecule has 1 N–H and O–H groups in total. The summed E-state index contributed by atoms with van der Waals surface area (Å²) in [6, 6.07) is 16.7. The normalized spacial score (nSPS) is 12.7. The minimum Gasteiger partial charge on any atom is -0.396 e. The molecule has 0 aliphatic carbocycles. The van der Waals surface area contributed by atoms with Gasteiger partial charge >= 0.3 is 0 Å². The molecule has 21 heavy (non-hydrogen) atoms. The van der Waals surface area contributed by atoms with Gasteiger partial charge in [-0.3, -0.25) is 0 Å². The maximum atomic E-state index is 9.74. The SMILES string of the molecule is OCC(Cc1ccccc1Br)Cc1csc2ccccc12. The van der Waals surface area contributed by atoms with E-state index < -0.39 is 0 Å². The van der Waals surface area contributed by atoms with Gasteiger partial charge in [0.2, 0.25) is 0 Å². The van der Waals surface area contributed by atoms with Crippen molar-refractivity contribution in [3.8, 4) is 0 Å². The maximum absolute atomic E-state index is 9.74. The number of halogens is 1. The van der Waals surface area contributed by atoms with Crippen molar-refractivity contribution in [3.63, 3.8) is 0 Å². The smallest absolute Gasteiger partial charge is 0.0465 e. The maximum Gasteiger partial charge on any atom is 0.0465 e. The van der Waals surface area contributed by atoms with E-state index in [-0.39, 0.29) is 12.5 Å². The van der Waals surface area contributed by atoms with Crippen molar-refractivity contribution in [3.05, 3.63) is 69.5 Å². The largest absolute Gasteiger partial charge is 0.396 e. The van der Waals surface area contributed by atoms with E-state index in [4.69, 9.17) is 0 Å². The fraction of sp³-hybridized carbons (Fsp3) is 0.222. The van der Waals surface area contributed by atoms with E-state index in [2.05, 4.69) is 63.8 Å². The molecule has 0 aliphatic rings. The van der Waals surface area contributed by atoms with Gasteiger partial charge in [0.15, 0.2) is 0 Å². The van der Waals surface area contributed by atoms with Crippen LogP contribution in [0.5, 0.6) is 0 Å². The van der Waals surface area contributed by atoms with Crippen LogP contribution in [-0.4, -0.2) is 11.7 Å². The molecule has 0 aliphatic heterocycles. The van der Waals surface area contributed by atoms with Crippen LogP contribution < -0.4 is 0 Å². The second-order valence-corrected chi connectivity index (χ2v) is 7.07. The van der Waals surface area contributed by atoms with E-state index in [0.717, 1.165) is 17.3 Å². The van der Waals surface area contributed by atoms with Crippen molar-refractivity contribution in [2.45, 2.75) is 12.8 Å². The van der Waals surface area contributed by atoms with Gasteiger partial charge in [-0.15, -0.1) is 11.3 Å². The summed E-state index contributed by atoms with van der Waals surface area (Å²) in [5, 5.41) is 13.3. The average Bonchev–Trinajstić information content (AvgIpc) is 2.92. The number of hydrogen-bond acceptors (Lipinski definition) is 2. The first kappa shape index (κ1) is 14.8. The molecule has 3 rings (SSSR count). The highest BCUT2D eigenvalue weighted by atomic mass is 79.9. The lowest BCUT2D eigenvalue weighted by Crippen LogP contribution is -2.13. The second-order valence-electron chi connectivity index (χ2n) is 5.31. The van der Waals surface area contributed by atoms with Gasteiger partial charge in [-0.05, 0) is 52.8 Å². The summed E-state index contributed by atoms with van der Waals surface area (Å²) >= 11 is 5.38. The van der Waals surface area contributed by atoms with Crippen LogP contribution in [0.2, 0.25) is 0 Å². The zero-order valence-corrected chi connectivity index (χ0v) is 14.0. The van der Waals surface area contributed by atoms with Crippen LogP contribution >= 0.6 is 27.3 Å². The highest BCUT2D eigenvalue weighted by molar-refractivity contribution is 9.10. The Morgan fingerprint density at radius 3 is 2.48 bits per heavy atom. The van der Waals surface area contributed by atoms with E-state index >= 15 is 0 Å². The summed E-state index contributed by atoms with van der Waals surface area (Å²) in [6.07, 6.45) is 1.81. The van der Waals surface area contributed by atoms with Gasteiger partial charge in [0.1, 0.15) is 0 Å². The van der Waals surface area contributed by atoms with E-state index in [0.29, 0.717) is 0 Å². The minimum absolute atomic E-state index is 0.214. The van der Waals surface area contributed by atoms with Crippen LogP contribution in [0.25, 0.3) is 10.1 Å². The Balaban J connectivity index is 1.80. The molecular formula is C18H17BrOS. The Morgan fingerprint density at radius 1 is 0.952 bits per heavy atom. The molecule has 3 heteroatoms. The van der Waals surface area contributed by atoms with Crippen molar-refractivity contribution < 1.29 is 5.11 Å². The van der Waals surface area contributed by atoms with Crippen molar-refractivity contribution in [2.75, 3.05) is 6.61 Å². The Bertz CT molecular complexity index is 735. The molecule has 0 amide bonds. The molecule has 1 aromatic heterocycles. The Kier molecular flexibility index (Phi) is 4.73. The van der Waals surface area contributed by atoms with Crippen molar-refractivity contribution in [1.29, 1.82) is 0 Å². The molecule has 1 nitrogen and oxygen atoms in total. The van der Waals surface area contributed by atoms with E-state index in [1.54, 1.807) is 11.3 Å². The van der Waals surface area contributed by atoms with Gasteiger partial charge in [-0.2, -0.15) is 0 Å².